The number of primary amides is 1. The molecule has 0 bridgehead atoms. The number of methoxy groups -OCH3 is 1. The first-order valence-corrected chi connectivity index (χ1v) is 9.49. The lowest BCUT2D eigenvalue weighted by Gasteiger charge is -2.36. The van der Waals surface area contributed by atoms with Crippen molar-refractivity contribution in [3.05, 3.63) is 101 Å². The number of hydrogen-bond acceptors (Lipinski definition) is 3. The molecule has 0 aliphatic heterocycles. The van der Waals surface area contributed by atoms with E-state index in [9.17, 15) is 14.0 Å². The minimum Gasteiger partial charge on any atom is -0.497 e. The van der Waals surface area contributed by atoms with Crippen LogP contribution in [0.15, 0.2) is 78.9 Å². The molecule has 0 aromatic heterocycles. The second-order valence-electron chi connectivity index (χ2n) is 6.86. The molecule has 30 heavy (non-hydrogen) atoms. The van der Waals surface area contributed by atoms with Crippen LogP contribution in [0.5, 0.6) is 5.75 Å². The van der Waals surface area contributed by atoms with Crippen molar-refractivity contribution in [2.75, 3.05) is 7.11 Å². The third kappa shape index (κ3) is 4.33. The first kappa shape index (κ1) is 21.0. The van der Waals surface area contributed by atoms with Gasteiger partial charge in [0.25, 0.3) is 5.91 Å². The highest BCUT2D eigenvalue weighted by Crippen LogP contribution is 2.34. The minimum atomic E-state index is -1.08. The van der Waals surface area contributed by atoms with E-state index in [2.05, 4.69) is 0 Å². The Morgan fingerprint density at radius 1 is 0.967 bits per heavy atom. The zero-order valence-corrected chi connectivity index (χ0v) is 16.8. The molecule has 5 nitrogen and oxygen atoms in total. The molecule has 0 fully saturated rings. The normalized spacial score (nSPS) is 12.6. The van der Waals surface area contributed by atoms with Gasteiger partial charge in [-0.2, -0.15) is 0 Å². The number of nitrogens with two attached hydrogens (primary N) is 1. The Balaban J connectivity index is 2.16. The molecule has 0 heterocycles. The van der Waals surface area contributed by atoms with Gasteiger partial charge in [0.1, 0.15) is 17.6 Å². The molecule has 0 spiro atoms. The average molecular weight is 406 g/mol. The molecule has 3 aromatic rings. The Bertz CT molecular complexity index is 1030. The van der Waals surface area contributed by atoms with Gasteiger partial charge in [0, 0.05) is 11.1 Å². The molecule has 2 amide bonds. The number of carbonyl (C=O) groups excluding carboxylic acids is 2. The highest BCUT2D eigenvalue weighted by Gasteiger charge is 2.35. The van der Waals surface area contributed by atoms with E-state index in [0.29, 0.717) is 16.9 Å². The van der Waals surface area contributed by atoms with Crippen molar-refractivity contribution in [2.24, 2.45) is 5.73 Å². The van der Waals surface area contributed by atoms with Crippen molar-refractivity contribution >= 4 is 11.8 Å². The summed E-state index contributed by atoms with van der Waals surface area (Å²) in [5, 5.41) is 0. The summed E-state index contributed by atoms with van der Waals surface area (Å²) < 4.78 is 20.0. The van der Waals surface area contributed by atoms with Crippen LogP contribution in [-0.4, -0.2) is 23.8 Å². The number of carbonyl (C=O) groups is 2. The van der Waals surface area contributed by atoms with Gasteiger partial charge >= 0.3 is 0 Å². The van der Waals surface area contributed by atoms with Crippen LogP contribution in [0.4, 0.5) is 4.39 Å². The van der Waals surface area contributed by atoms with Crippen LogP contribution < -0.4 is 10.5 Å². The van der Waals surface area contributed by atoms with Gasteiger partial charge in [-0.05, 0) is 42.8 Å². The van der Waals surface area contributed by atoms with Crippen LogP contribution in [0.3, 0.4) is 0 Å². The van der Waals surface area contributed by atoms with E-state index in [4.69, 9.17) is 10.5 Å². The van der Waals surface area contributed by atoms with Crippen molar-refractivity contribution in [2.45, 2.75) is 19.0 Å². The van der Waals surface area contributed by atoms with Gasteiger partial charge in [-0.1, -0.05) is 48.5 Å². The number of halogens is 1. The molecule has 3 aromatic carbocycles. The zero-order chi connectivity index (χ0) is 21.7. The number of benzene rings is 3. The summed E-state index contributed by atoms with van der Waals surface area (Å²) in [5.74, 6) is -1.20. The van der Waals surface area contributed by atoms with Gasteiger partial charge < -0.3 is 15.4 Å². The molecule has 154 valence electrons. The van der Waals surface area contributed by atoms with Crippen molar-refractivity contribution < 1.29 is 18.7 Å². The van der Waals surface area contributed by atoms with E-state index in [-0.39, 0.29) is 5.56 Å². The van der Waals surface area contributed by atoms with Gasteiger partial charge in [0.05, 0.1) is 13.2 Å². The Morgan fingerprint density at radius 2 is 1.57 bits per heavy atom. The van der Waals surface area contributed by atoms with E-state index in [1.54, 1.807) is 67.6 Å². The largest absolute Gasteiger partial charge is 0.497 e. The topological polar surface area (TPSA) is 72.6 Å². The lowest BCUT2D eigenvalue weighted by atomic mass is 9.97. The van der Waals surface area contributed by atoms with E-state index in [1.807, 2.05) is 0 Å². The van der Waals surface area contributed by atoms with Crippen LogP contribution in [0.2, 0.25) is 0 Å². The lowest BCUT2D eigenvalue weighted by molar-refractivity contribution is -0.123. The van der Waals surface area contributed by atoms with Crippen LogP contribution in [0, 0.1) is 5.82 Å². The summed E-state index contributed by atoms with van der Waals surface area (Å²) in [7, 11) is 1.48. The minimum absolute atomic E-state index is 0.223. The van der Waals surface area contributed by atoms with Gasteiger partial charge in [0.15, 0.2) is 0 Å². The lowest BCUT2D eigenvalue weighted by Crippen LogP contribution is -2.43. The highest BCUT2D eigenvalue weighted by atomic mass is 19.1. The van der Waals surface area contributed by atoms with E-state index in [1.165, 1.54) is 30.2 Å². The van der Waals surface area contributed by atoms with Crippen LogP contribution in [0.25, 0.3) is 0 Å². The predicted octanol–water partition coefficient (Wildman–Crippen LogP) is 4.26. The number of amides is 2. The summed E-state index contributed by atoms with van der Waals surface area (Å²) in [4.78, 5) is 27.4. The predicted molar refractivity (Wildman–Crippen MR) is 112 cm³/mol. The smallest absolute Gasteiger partial charge is 0.255 e. The second-order valence-corrected chi connectivity index (χ2v) is 6.86. The van der Waals surface area contributed by atoms with Crippen molar-refractivity contribution in [1.82, 2.24) is 4.90 Å². The summed E-state index contributed by atoms with van der Waals surface area (Å²) in [6, 6.07) is 19.7. The molecule has 0 aliphatic rings. The van der Waals surface area contributed by atoms with Crippen LogP contribution >= 0.6 is 0 Å². The monoisotopic (exact) mass is 406 g/mol. The molecule has 2 N–H and O–H groups in total. The number of ether oxygens (including phenoxy) is 1. The molecule has 6 heteroatoms. The molecule has 0 radical (unpaired) electrons. The Labute approximate surface area is 174 Å². The molecular weight excluding hydrogens is 383 g/mol. The number of hydrogen-bond donors (Lipinski definition) is 1. The fourth-order valence-corrected chi connectivity index (χ4v) is 3.46. The summed E-state index contributed by atoms with van der Waals surface area (Å²) in [6.45, 7) is 1.66. The van der Waals surface area contributed by atoms with Crippen molar-refractivity contribution in [3.8, 4) is 5.75 Å². The quantitative estimate of drug-likeness (QED) is 0.637. The Morgan fingerprint density at radius 3 is 2.13 bits per heavy atom. The number of nitrogens with zero attached hydrogens (tertiary/aromatic N) is 1. The maximum absolute atomic E-state index is 14.7. The Kier molecular flexibility index (Phi) is 6.47. The third-order valence-corrected chi connectivity index (χ3v) is 4.99. The molecule has 2 atom stereocenters. The summed E-state index contributed by atoms with van der Waals surface area (Å²) >= 11 is 0. The van der Waals surface area contributed by atoms with Crippen molar-refractivity contribution in [1.29, 1.82) is 0 Å². The SMILES string of the molecule is COc1ccc(F)c([C@@H](C)N(C(=O)c2ccccc2)[C@@H](C(N)=O)c2ccccc2)c1. The second kappa shape index (κ2) is 9.22. The molecular formula is C24H23FN2O3. The first-order valence-electron chi connectivity index (χ1n) is 9.49. The van der Waals surface area contributed by atoms with Gasteiger partial charge in [-0.15, -0.1) is 0 Å². The van der Waals surface area contributed by atoms with E-state index >= 15 is 0 Å². The fraction of sp³-hybridized carbons (Fsp3) is 0.167. The van der Waals surface area contributed by atoms with E-state index < -0.39 is 29.7 Å². The van der Waals surface area contributed by atoms with Crippen molar-refractivity contribution in [3.63, 3.8) is 0 Å². The maximum atomic E-state index is 14.7. The average Bonchev–Trinajstić information content (AvgIpc) is 2.77. The standard InChI is InChI=1S/C24H23FN2O3/c1-16(20-15-19(30-2)13-14-21(20)25)27(24(29)18-11-7-4-8-12-18)22(23(26)28)17-9-5-3-6-10-17/h3-16,22H,1-2H3,(H2,26,28)/t16-,22-/m1/s1. The maximum Gasteiger partial charge on any atom is 0.255 e. The molecule has 0 aliphatic carbocycles. The van der Waals surface area contributed by atoms with Crippen LogP contribution in [0.1, 0.15) is 40.5 Å². The number of rotatable bonds is 7. The van der Waals surface area contributed by atoms with Gasteiger partial charge in [-0.3, -0.25) is 9.59 Å². The van der Waals surface area contributed by atoms with Crippen LogP contribution in [-0.2, 0) is 4.79 Å². The van der Waals surface area contributed by atoms with Gasteiger partial charge in [0.2, 0.25) is 5.91 Å². The highest BCUT2D eigenvalue weighted by molar-refractivity contribution is 5.98. The zero-order valence-electron chi connectivity index (χ0n) is 16.8. The summed E-state index contributed by atoms with van der Waals surface area (Å²) in [5.41, 5.74) is 6.88. The Hall–Kier alpha value is -3.67. The molecule has 3 rings (SSSR count). The third-order valence-electron chi connectivity index (χ3n) is 4.99. The molecule has 0 unspecified atom stereocenters. The molecule has 0 saturated carbocycles. The molecule has 0 saturated heterocycles. The fourth-order valence-electron chi connectivity index (χ4n) is 3.46. The van der Waals surface area contributed by atoms with Gasteiger partial charge in [-0.25, -0.2) is 4.39 Å². The summed E-state index contributed by atoms with van der Waals surface area (Å²) in [6.07, 6.45) is 0. The van der Waals surface area contributed by atoms with E-state index in [0.717, 1.165) is 0 Å². The first-order chi connectivity index (χ1) is 14.4.